The van der Waals surface area contributed by atoms with Crippen LogP contribution in [0, 0.1) is 5.41 Å². The van der Waals surface area contributed by atoms with Gasteiger partial charge in [0.1, 0.15) is 5.78 Å². The van der Waals surface area contributed by atoms with Crippen LogP contribution in [0.15, 0.2) is 29.6 Å². The molecule has 1 aromatic heterocycles. The Bertz CT molecular complexity index is 589. The van der Waals surface area contributed by atoms with Crippen molar-refractivity contribution in [2.75, 3.05) is 7.11 Å². The number of Topliss-reactive ketones (excluding diaryl/α,β-unsaturated/α-hetero) is 1. The zero-order valence-electron chi connectivity index (χ0n) is 13.0. The number of hydrogen-bond acceptors (Lipinski definition) is 6. The molecule has 0 radical (unpaired) electrons. The smallest absolute Gasteiger partial charge is 0.354 e. The van der Waals surface area contributed by atoms with E-state index in [0.29, 0.717) is 0 Å². The first-order valence-electron chi connectivity index (χ1n) is 6.64. The number of nitrogens with zero attached hydrogens (tertiary/aromatic N) is 2. The first-order chi connectivity index (χ1) is 10.3. The highest BCUT2D eigenvalue weighted by molar-refractivity contribution is 6.40. The molecule has 7 heteroatoms. The first kappa shape index (κ1) is 17.5. The average molecular weight is 305 g/mol. The van der Waals surface area contributed by atoms with Crippen molar-refractivity contribution >= 4 is 23.4 Å². The zero-order valence-corrected chi connectivity index (χ0v) is 13.0. The molecule has 0 fully saturated rings. The quantitative estimate of drug-likeness (QED) is 0.503. The molecule has 0 saturated carbocycles. The van der Waals surface area contributed by atoms with Crippen molar-refractivity contribution in [3.8, 4) is 0 Å². The van der Waals surface area contributed by atoms with Gasteiger partial charge in [-0.3, -0.25) is 14.6 Å². The van der Waals surface area contributed by atoms with Crippen LogP contribution in [0.2, 0.25) is 0 Å². The summed E-state index contributed by atoms with van der Waals surface area (Å²) >= 11 is 0. The van der Waals surface area contributed by atoms with Crippen LogP contribution in [0.1, 0.15) is 37.6 Å². The van der Waals surface area contributed by atoms with Crippen molar-refractivity contribution in [3.63, 3.8) is 0 Å². The predicted molar refractivity (Wildman–Crippen MR) is 80.2 cm³/mol. The number of pyridine rings is 1. The Hall–Kier alpha value is -2.57. The minimum absolute atomic E-state index is 0.153. The van der Waals surface area contributed by atoms with E-state index in [-0.39, 0.29) is 23.5 Å². The summed E-state index contributed by atoms with van der Waals surface area (Å²) in [5, 5.41) is 3.72. The average Bonchev–Trinajstić information content (AvgIpc) is 2.49. The van der Waals surface area contributed by atoms with Gasteiger partial charge in [-0.15, -0.1) is 0 Å². The third kappa shape index (κ3) is 5.08. The van der Waals surface area contributed by atoms with E-state index in [2.05, 4.69) is 20.2 Å². The van der Waals surface area contributed by atoms with Crippen LogP contribution < -0.4 is 5.43 Å². The maximum Gasteiger partial charge on any atom is 0.354 e. The monoisotopic (exact) mass is 305 g/mol. The van der Waals surface area contributed by atoms with Crippen LogP contribution in [0.5, 0.6) is 0 Å². The minimum Gasteiger partial charge on any atom is -0.464 e. The molecule has 1 heterocycles. The number of esters is 1. The van der Waals surface area contributed by atoms with Gasteiger partial charge in [0.05, 0.1) is 19.1 Å². The van der Waals surface area contributed by atoms with E-state index in [1.165, 1.54) is 19.5 Å². The van der Waals surface area contributed by atoms with E-state index in [4.69, 9.17) is 0 Å². The van der Waals surface area contributed by atoms with Crippen molar-refractivity contribution in [3.05, 3.63) is 30.1 Å². The third-order valence-electron chi connectivity index (χ3n) is 2.80. The number of ether oxygens (including phenoxy) is 1. The summed E-state index contributed by atoms with van der Waals surface area (Å²) in [5.41, 5.74) is 1.74. The second-order valence-electron chi connectivity index (χ2n) is 5.58. The number of aromatic nitrogens is 1. The van der Waals surface area contributed by atoms with Gasteiger partial charge in [-0.1, -0.05) is 20.8 Å². The fourth-order valence-corrected chi connectivity index (χ4v) is 1.37. The summed E-state index contributed by atoms with van der Waals surface area (Å²) in [7, 11) is 1.18. The predicted octanol–water partition coefficient (Wildman–Crippen LogP) is 1.35. The van der Waals surface area contributed by atoms with Crippen molar-refractivity contribution in [1.82, 2.24) is 10.4 Å². The molecule has 0 atom stereocenters. The number of rotatable bonds is 5. The molecule has 0 aliphatic carbocycles. The Morgan fingerprint density at radius 1 is 1.32 bits per heavy atom. The minimum atomic E-state index is -0.760. The largest absolute Gasteiger partial charge is 0.464 e. The van der Waals surface area contributed by atoms with E-state index in [0.717, 1.165) is 0 Å². The van der Waals surface area contributed by atoms with Gasteiger partial charge in [0.15, 0.2) is 5.71 Å². The molecule has 0 aliphatic rings. The number of hydrazone groups is 1. The molecule has 118 valence electrons. The molecule has 0 spiro atoms. The SMILES string of the molecule is COC(=O)C(CC(=O)C(C)(C)C)=NNC(=O)c1cccnc1. The molecule has 1 N–H and O–H groups in total. The Morgan fingerprint density at radius 3 is 2.50 bits per heavy atom. The van der Waals surface area contributed by atoms with Gasteiger partial charge in [0, 0.05) is 17.8 Å². The fourth-order valence-electron chi connectivity index (χ4n) is 1.37. The Kier molecular flexibility index (Phi) is 5.91. The van der Waals surface area contributed by atoms with Gasteiger partial charge in [0.2, 0.25) is 0 Å². The molecular weight excluding hydrogens is 286 g/mol. The van der Waals surface area contributed by atoms with Gasteiger partial charge < -0.3 is 4.74 Å². The molecule has 0 bridgehead atoms. The number of ketones is 1. The molecular formula is C15H19N3O4. The molecule has 0 saturated heterocycles. The number of amides is 1. The topological polar surface area (TPSA) is 97.7 Å². The summed E-state index contributed by atoms with van der Waals surface area (Å²) in [6.45, 7) is 5.20. The van der Waals surface area contributed by atoms with Crippen molar-refractivity contribution < 1.29 is 19.1 Å². The van der Waals surface area contributed by atoms with Gasteiger partial charge >= 0.3 is 5.97 Å². The van der Waals surface area contributed by atoms with E-state index >= 15 is 0 Å². The summed E-state index contributed by atoms with van der Waals surface area (Å²) in [4.78, 5) is 39.3. The number of nitrogens with one attached hydrogen (secondary N) is 1. The fraction of sp³-hybridized carbons (Fsp3) is 0.400. The summed E-state index contributed by atoms with van der Waals surface area (Å²) in [6, 6.07) is 3.15. The second kappa shape index (κ2) is 7.44. The molecule has 0 unspecified atom stereocenters. The van der Waals surface area contributed by atoms with Crippen molar-refractivity contribution in [2.45, 2.75) is 27.2 Å². The van der Waals surface area contributed by atoms with E-state index in [9.17, 15) is 14.4 Å². The maximum absolute atomic E-state index is 12.0. The lowest BCUT2D eigenvalue weighted by Crippen LogP contribution is -2.30. The Labute approximate surface area is 128 Å². The number of carbonyl (C=O) groups excluding carboxylic acids is 3. The molecule has 1 amide bonds. The summed E-state index contributed by atoms with van der Waals surface area (Å²) in [6.07, 6.45) is 2.67. The highest BCUT2D eigenvalue weighted by Gasteiger charge is 2.26. The van der Waals surface area contributed by atoms with Crippen molar-refractivity contribution in [1.29, 1.82) is 0 Å². The zero-order chi connectivity index (χ0) is 16.8. The van der Waals surface area contributed by atoms with E-state index in [1.807, 2.05) is 0 Å². The lowest BCUT2D eigenvalue weighted by molar-refractivity contribution is -0.134. The summed E-state index contributed by atoms with van der Waals surface area (Å²) < 4.78 is 4.58. The first-order valence-corrected chi connectivity index (χ1v) is 6.64. The van der Waals surface area contributed by atoms with E-state index < -0.39 is 17.3 Å². The normalized spacial score (nSPS) is 11.7. The van der Waals surface area contributed by atoms with Crippen LogP contribution in [-0.4, -0.2) is 35.5 Å². The standard InChI is InChI=1S/C15H19N3O4/c1-15(2,3)12(19)8-11(14(21)22-4)17-18-13(20)10-6-5-7-16-9-10/h5-7,9H,8H2,1-4H3,(H,18,20). The highest BCUT2D eigenvalue weighted by atomic mass is 16.5. The third-order valence-corrected chi connectivity index (χ3v) is 2.80. The van der Waals surface area contributed by atoms with Crippen LogP contribution in [0.4, 0.5) is 0 Å². The molecule has 0 aromatic carbocycles. The molecule has 7 nitrogen and oxygen atoms in total. The molecule has 1 aromatic rings. The lowest BCUT2D eigenvalue weighted by atomic mass is 9.88. The van der Waals surface area contributed by atoms with Gasteiger partial charge in [-0.25, -0.2) is 10.2 Å². The molecule has 1 rings (SSSR count). The second-order valence-corrected chi connectivity index (χ2v) is 5.58. The number of hydrogen-bond donors (Lipinski definition) is 1. The Balaban J connectivity index is 2.86. The number of carbonyl (C=O) groups is 3. The molecule has 22 heavy (non-hydrogen) atoms. The van der Waals surface area contributed by atoms with Crippen LogP contribution in [-0.2, 0) is 14.3 Å². The van der Waals surface area contributed by atoms with E-state index in [1.54, 1.807) is 32.9 Å². The Morgan fingerprint density at radius 2 is 2.00 bits per heavy atom. The molecule has 0 aliphatic heterocycles. The van der Waals surface area contributed by atoms with Crippen molar-refractivity contribution in [2.24, 2.45) is 10.5 Å². The maximum atomic E-state index is 12.0. The van der Waals surface area contributed by atoms with Gasteiger partial charge in [-0.2, -0.15) is 5.10 Å². The van der Waals surface area contributed by atoms with Crippen LogP contribution in [0.25, 0.3) is 0 Å². The van der Waals surface area contributed by atoms with Gasteiger partial charge in [-0.05, 0) is 12.1 Å². The lowest BCUT2D eigenvalue weighted by Gasteiger charge is -2.16. The van der Waals surface area contributed by atoms with Crippen LogP contribution >= 0.6 is 0 Å². The highest BCUT2D eigenvalue weighted by Crippen LogP contribution is 2.17. The number of methoxy groups -OCH3 is 1. The van der Waals surface area contributed by atoms with Gasteiger partial charge in [0.25, 0.3) is 5.91 Å². The summed E-state index contributed by atoms with van der Waals surface area (Å²) in [5.74, 6) is -1.48. The van der Waals surface area contributed by atoms with Crippen LogP contribution in [0.3, 0.4) is 0 Å².